The number of nitrogens with zero attached hydrogens (tertiary/aromatic N) is 2. The van der Waals surface area contributed by atoms with Gasteiger partial charge >= 0.3 is 0 Å². The SMILES string of the molecule is CN1CCC(N2CCC3(CC2)Cc2cc(-c4ccc(CN)cc4)ccc2O3)CC1. The molecule has 3 aliphatic heterocycles. The van der Waals surface area contributed by atoms with Crippen molar-refractivity contribution < 1.29 is 4.74 Å². The van der Waals surface area contributed by atoms with Gasteiger partial charge in [-0.1, -0.05) is 30.3 Å². The molecule has 4 nitrogen and oxygen atoms in total. The number of benzene rings is 2. The Kier molecular flexibility index (Phi) is 5.10. The van der Waals surface area contributed by atoms with Crippen LogP contribution in [-0.2, 0) is 13.0 Å². The molecule has 2 aromatic rings. The zero-order valence-corrected chi connectivity index (χ0v) is 17.6. The first kappa shape index (κ1) is 19.1. The van der Waals surface area contributed by atoms with Gasteiger partial charge in [0.15, 0.2) is 0 Å². The maximum atomic E-state index is 6.56. The highest BCUT2D eigenvalue weighted by Crippen LogP contribution is 2.43. The molecule has 0 unspecified atom stereocenters. The molecule has 2 saturated heterocycles. The molecule has 0 saturated carbocycles. The molecule has 3 aliphatic rings. The largest absolute Gasteiger partial charge is 0.487 e. The van der Waals surface area contributed by atoms with Gasteiger partial charge in [-0.2, -0.15) is 0 Å². The minimum absolute atomic E-state index is 0.0202. The molecule has 5 rings (SSSR count). The molecular formula is C25H33N3O. The van der Waals surface area contributed by atoms with Crippen molar-refractivity contribution in [3.05, 3.63) is 53.6 Å². The number of likely N-dealkylation sites (tertiary alicyclic amines) is 2. The first-order valence-electron chi connectivity index (χ1n) is 11.2. The molecule has 0 atom stereocenters. The fourth-order valence-corrected chi connectivity index (χ4v) is 5.38. The summed E-state index contributed by atoms with van der Waals surface area (Å²) in [4.78, 5) is 5.19. The van der Waals surface area contributed by atoms with Gasteiger partial charge in [-0.15, -0.1) is 0 Å². The first-order chi connectivity index (χ1) is 14.1. The van der Waals surface area contributed by atoms with Crippen molar-refractivity contribution in [2.45, 2.75) is 50.3 Å². The van der Waals surface area contributed by atoms with Gasteiger partial charge in [-0.05, 0) is 67.4 Å². The van der Waals surface area contributed by atoms with Crippen LogP contribution < -0.4 is 10.5 Å². The zero-order chi connectivity index (χ0) is 19.8. The number of nitrogens with two attached hydrogens (primary N) is 1. The Morgan fingerprint density at radius 1 is 0.966 bits per heavy atom. The molecule has 2 fully saturated rings. The van der Waals surface area contributed by atoms with Gasteiger partial charge in [-0.25, -0.2) is 0 Å². The summed E-state index contributed by atoms with van der Waals surface area (Å²) in [5.41, 5.74) is 10.8. The number of rotatable bonds is 3. The van der Waals surface area contributed by atoms with Crippen LogP contribution in [0.25, 0.3) is 11.1 Å². The third-order valence-electron chi connectivity index (χ3n) is 7.34. The second kappa shape index (κ2) is 7.75. The summed E-state index contributed by atoms with van der Waals surface area (Å²) < 4.78 is 6.56. The van der Waals surface area contributed by atoms with Gasteiger partial charge in [0.25, 0.3) is 0 Å². The molecule has 29 heavy (non-hydrogen) atoms. The first-order valence-corrected chi connectivity index (χ1v) is 11.2. The van der Waals surface area contributed by atoms with Crippen LogP contribution in [0.15, 0.2) is 42.5 Å². The number of hydrogen-bond donors (Lipinski definition) is 1. The van der Waals surface area contributed by atoms with Crippen molar-refractivity contribution in [3.63, 3.8) is 0 Å². The average molecular weight is 392 g/mol. The van der Waals surface area contributed by atoms with Crippen LogP contribution in [0.3, 0.4) is 0 Å². The maximum Gasteiger partial charge on any atom is 0.123 e. The standard InChI is InChI=1S/C25H33N3O/c1-27-12-8-23(9-13-27)28-14-10-25(11-15-28)17-22-16-21(6-7-24(22)29-25)20-4-2-19(18-26)3-5-20/h2-7,16,23H,8-15,17-18,26H2,1H3. The highest BCUT2D eigenvalue weighted by molar-refractivity contribution is 5.66. The van der Waals surface area contributed by atoms with Crippen molar-refractivity contribution in [2.24, 2.45) is 5.73 Å². The molecule has 0 aliphatic carbocycles. The highest BCUT2D eigenvalue weighted by atomic mass is 16.5. The molecule has 2 aromatic carbocycles. The van der Waals surface area contributed by atoms with Crippen LogP contribution in [0.5, 0.6) is 5.75 Å². The number of piperidine rings is 2. The van der Waals surface area contributed by atoms with Gasteiger partial charge in [0, 0.05) is 44.9 Å². The van der Waals surface area contributed by atoms with Crippen LogP contribution in [0.4, 0.5) is 0 Å². The summed E-state index contributed by atoms with van der Waals surface area (Å²) in [5.74, 6) is 1.10. The monoisotopic (exact) mass is 391 g/mol. The lowest BCUT2D eigenvalue weighted by molar-refractivity contribution is -0.00401. The molecule has 2 N–H and O–H groups in total. The van der Waals surface area contributed by atoms with Crippen LogP contribution >= 0.6 is 0 Å². The van der Waals surface area contributed by atoms with E-state index >= 15 is 0 Å². The molecule has 0 radical (unpaired) electrons. The van der Waals surface area contributed by atoms with E-state index in [1.165, 1.54) is 61.3 Å². The summed E-state index contributed by atoms with van der Waals surface area (Å²) in [6, 6.07) is 16.1. The topological polar surface area (TPSA) is 41.7 Å². The zero-order valence-electron chi connectivity index (χ0n) is 17.6. The van der Waals surface area contributed by atoms with E-state index in [0.717, 1.165) is 31.1 Å². The molecule has 0 aromatic heterocycles. The lowest BCUT2D eigenvalue weighted by atomic mass is 9.85. The predicted molar refractivity (Wildman–Crippen MR) is 118 cm³/mol. The second-order valence-corrected chi connectivity index (χ2v) is 9.26. The normalized spacial score (nSPS) is 22.6. The summed E-state index contributed by atoms with van der Waals surface area (Å²) in [7, 11) is 2.24. The average Bonchev–Trinajstić information content (AvgIpc) is 3.12. The summed E-state index contributed by atoms with van der Waals surface area (Å²) in [6.07, 6.45) is 5.98. The van der Waals surface area contributed by atoms with E-state index in [-0.39, 0.29) is 5.60 Å². The van der Waals surface area contributed by atoms with Crippen molar-refractivity contribution in [2.75, 3.05) is 33.2 Å². The molecular weight excluding hydrogens is 358 g/mol. The van der Waals surface area contributed by atoms with Gasteiger partial charge in [0.2, 0.25) is 0 Å². The van der Waals surface area contributed by atoms with Crippen LogP contribution in [0, 0.1) is 0 Å². The molecule has 0 amide bonds. The van der Waals surface area contributed by atoms with Crippen LogP contribution in [-0.4, -0.2) is 54.7 Å². The predicted octanol–water partition coefficient (Wildman–Crippen LogP) is 3.68. The van der Waals surface area contributed by atoms with E-state index in [0.29, 0.717) is 6.54 Å². The Balaban J connectivity index is 1.25. The number of ether oxygens (including phenoxy) is 1. The lowest BCUT2D eigenvalue weighted by Gasteiger charge is -2.44. The quantitative estimate of drug-likeness (QED) is 0.867. The maximum absolute atomic E-state index is 6.56. The molecule has 3 heterocycles. The Bertz CT molecular complexity index is 847. The van der Waals surface area contributed by atoms with Crippen molar-refractivity contribution in [1.29, 1.82) is 0 Å². The Morgan fingerprint density at radius 2 is 1.66 bits per heavy atom. The smallest absolute Gasteiger partial charge is 0.123 e. The van der Waals surface area contributed by atoms with Gasteiger partial charge in [0.05, 0.1) is 0 Å². The van der Waals surface area contributed by atoms with Crippen LogP contribution in [0.1, 0.15) is 36.8 Å². The summed E-state index contributed by atoms with van der Waals surface area (Å²) >= 11 is 0. The second-order valence-electron chi connectivity index (χ2n) is 9.26. The fraction of sp³-hybridized carbons (Fsp3) is 0.520. The Hall–Kier alpha value is -1.88. The van der Waals surface area contributed by atoms with Gasteiger partial charge in [-0.3, -0.25) is 4.90 Å². The molecule has 4 heteroatoms. The van der Waals surface area contributed by atoms with Crippen molar-refractivity contribution >= 4 is 0 Å². The molecule has 1 spiro atoms. The van der Waals surface area contributed by atoms with Gasteiger partial charge < -0.3 is 15.4 Å². The van der Waals surface area contributed by atoms with Crippen LogP contribution in [0.2, 0.25) is 0 Å². The van der Waals surface area contributed by atoms with E-state index in [1.807, 2.05) is 0 Å². The molecule has 0 bridgehead atoms. The minimum atomic E-state index is 0.0202. The molecule has 154 valence electrons. The van der Waals surface area contributed by atoms with Crippen molar-refractivity contribution in [1.82, 2.24) is 9.80 Å². The summed E-state index contributed by atoms with van der Waals surface area (Å²) in [5, 5.41) is 0. The summed E-state index contributed by atoms with van der Waals surface area (Å²) in [6.45, 7) is 5.42. The van der Waals surface area contributed by atoms with E-state index < -0.39 is 0 Å². The van der Waals surface area contributed by atoms with Crippen molar-refractivity contribution in [3.8, 4) is 16.9 Å². The van der Waals surface area contributed by atoms with Gasteiger partial charge in [0.1, 0.15) is 11.4 Å². The van der Waals surface area contributed by atoms with E-state index in [9.17, 15) is 0 Å². The highest BCUT2D eigenvalue weighted by Gasteiger charge is 2.43. The Morgan fingerprint density at radius 3 is 2.34 bits per heavy atom. The number of hydrogen-bond acceptors (Lipinski definition) is 4. The lowest BCUT2D eigenvalue weighted by Crippen LogP contribution is -2.52. The Labute approximate surface area is 174 Å². The van der Waals surface area contributed by atoms with E-state index in [2.05, 4.69) is 59.3 Å². The third-order valence-corrected chi connectivity index (χ3v) is 7.34. The number of fused-ring (bicyclic) bond motifs is 1. The fourth-order valence-electron chi connectivity index (χ4n) is 5.38. The van der Waals surface area contributed by atoms with E-state index in [4.69, 9.17) is 10.5 Å². The third kappa shape index (κ3) is 3.81. The minimum Gasteiger partial charge on any atom is -0.487 e. The van der Waals surface area contributed by atoms with E-state index in [1.54, 1.807) is 0 Å².